The standard InChI is InChI=1S/C14H21N3O3/c1-4-11(5-2)16-14(18)9-15-13-8-12(17(19)20)7-6-10(13)3/h6-8,11,15H,4-5,9H2,1-3H3,(H,16,18). The third-order valence-corrected chi connectivity index (χ3v) is 3.22. The molecule has 0 aliphatic rings. The number of nitro groups is 1. The maximum Gasteiger partial charge on any atom is 0.271 e. The molecule has 0 spiro atoms. The molecule has 1 rings (SSSR count). The number of benzene rings is 1. The highest BCUT2D eigenvalue weighted by Gasteiger charge is 2.11. The van der Waals surface area contributed by atoms with E-state index in [-0.39, 0.29) is 24.2 Å². The summed E-state index contributed by atoms with van der Waals surface area (Å²) in [5.41, 5.74) is 1.49. The Bertz CT molecular complexity index is 485. The zero-order valence-electron chi connectivity index (χ0n) is 12.1. The molecule has 0 saturated heterocycles. The van der Waals surface area contributed by atoms with E-state index < -0.39 is 4.92 Å². The number of non-ortho nitro benzene ring substituents is 1. The van der Waals surface area contributed by atoms with Crippen LogP contribution in [0.1, 0.15) is 32.3 Å². The lowest BCUT2D eigenvalue weighted by Gasteiger charge is -2.15. The quantitative estimate of drug-likeness (QED) is 0.593. The van der Waals surface area contributed by atoms with Gasteiger partial charge in [0.05, 0.1) is 11.5 Å². The van der Waals surface area contributed by atoms with Crippen molar-refractivity contribution in [3.63, 3.8) is 0 Å². The number of carbonyl (C=O) groups excluding carboxylic acids is 1. The molecule has 20 heavy (non-hydrogen) atoms. The van der Waals surface area contributed by atoms with Crippen molar-refractivity contribution in [2.45, 2.75) is 39.7 Å². The molecule has 0 saturated carbocycles. The Hall–Kier alpha value is -2.11. The first kappa shape index (κ1) is 15.9. The van der Waals surface area contributed by atoms with Crippen molar-refractivity contribution < 1.29 is 9.72 Å². The summed E-state index contributed by atoms with van der Waals surface area (Å²) in [5.74, 6) is -0.107. The zero-order chi connectivity index (χ0) is 15.1. The van der Waals surface area contributed by atoms with Gasteiger partial charge in [-0.25, -0.2) is 0 Å². The number of rotatable bonds is 7. The van der Waals surface area contributed by atoms with E-state index in [4.69, 9.17) is 0 Å². The van der Waals surface area contributed by atoms with Crippen LogP contribution >= 0.6 is 0 Å². The molecular weight excluding hydrogens is 258 g/mol. The number of aryl methyl sites for hydroxylation is 1. The van der Waals surface area contributed by atoms with Crippen LogP contribution in [-0.2, 0) is 4.79 Å². The maximum atomic E-state index is 11.8. The van der Waals surface area contributed by atoms with Crippen molar-refractivity contribution in [1.29, 1.82) is 0 Å². The van der Waals surface area contributed by atoms with Crippen LogP contribution in [0, 0.1) is 17.0 Å². The normalized spacial score (nSPS) is 10.4. The van der Waals surface area contributed by atoms with E-state index in [9.17, 15) is 14.9 Å². The van der Waals surface area contributed by atoms with Crippen LogP contribution in [0.25, 0.3) is 0 Å². The topological polar surface area (TPSA) is 84.3 Å². The van der Waals surface area contributed by atoms with Gasteiger partial charge in [-0.2, -0.15) is 0 Å². The number of anilines is 1. The van der Waals surface area contributed by atoms with Crippen molar-refractivity contribution in [1.82, 2.24) is 5.32 Å². The lowest BCUT2D eigenvalue weighted by molar-refractivity contribution is -0.384. The van der Waals surface area contributed by atoms with E-state index >= 15 is 0 Å². The second kappa shape index (κ2) is 7.47. The first-order valence-electron chi connectivity index (χ1n) is 6.76. The monoisotopic (exact) mass is 279 g/mol. The van der Waals surface area contributed by atoms with Gasteiger partial charge < -0.3 is 10.6 Å². The molecule has 1 aromatic rings. The summed E-state index contributed by atoms with van der Waals surface area (Å²) in [7, 11) is 0. The Morgan fingerprint density at radius 1 is 1.35 bits per heavy atom. The Morgan fingerprint density at radius 3 is 2.55 bits per heavy atom. The van der Waals surface area contributed by atoms with Gasteiger partial charge in [0.15, 0.2) is 0 Å². The third kappa shape index (κ3) is 4.53. The van der Waals surface area contributed by atoms with Crippen molar-refractivity contribution in [2.24, 2.45) is 0 Å². The molecule has 0 fully saturated rings. The smallest absolute Gasteiger partial charge is 0.271 e. The Balaban J connectivity index is 2.63. The fourth-order valence-corrected chi connectivity index (χ4v) is 1.86. The van der Waals surface area contributed by atoms with Crippen LogP contribution in [0.15, 0.2) is 18.2 Å². The summed E-state index contributed by atoms with van der Waals surface area (Å²) in [6.45, 7) is 5.99. The van der Waals surface area contributed by atoms with Gasteiger partial charge in [0, 0.05) is 23.9 Å². The summed E-state index contributed by atoms with van der Waals surface area (Å²) in [6, 6.07) is 4.74. The van der Waals surface area contributed by atoms with E-state index in [0.29, 0.717) is 5.69 Å². The molecule has 0 bridgehead atoms. The molecule has 0 aliphatic carbocycles. The predicted molar refractivity (Wildman–Crippen MR) is 78.8 cm³/mol. The lowest BCUT2D eigenvalue weighted by atomic mass is 10.1. The number of amides is 1. The summed E-state index contributed by atoms with van der Waals surface area (Å²) in [5, 5.41) is 16.6. The third-order valence-electron chi connectivity index (χ3n) is 3.22. The van der Waals surface area contributed by atoms with Gasteiger partial charge in [0.2, 0.25) is 5.91 Å². The highest BCUT2D eigenvalue weighted by molar-refractivity contribution is 5.81. The van der Waals surface area contributed by atoms with Crippen molar-refractivity contribution in [2.75, 3.05) is 11.9 Å². The van der Waals surface area contributed by atoms with Crippen molar-refractivity contribution >= 4 is 17.3 Å². The number of nitrogens with zero attached hydrogens (tertiary/aromatic N) is 1. The van der Waals surface area contributed by atoms with Gasteiger partial charge in [-0.3, -0.25) is 14.9 Å². The van der Waals surface area contributed by atoms with Gasteiger partial charge in [0.25, 0.3) is 5.69 Å². The van der Waals surface area contributed by atoms with Crippen LogP contribution in [0.5, 0.6) is 0 Å². The molecular formula is C14H21N3O3. The number of carbonyl (C=O) groups is 1. The van der Waals surface area contributed by atoms with Crippen molar-refractivity contribution in [3.8, 4) is 0 Å². The largest absolute Gasteiger partial charge is 0.376 e. The van der Waals surface area contributed by atoms with Gasteiger partial charge in [-0.1, -0.05) is 19.9 Å². The Kier molecular flexibility index (Phi) is 5.96. The average Bonchev–Trinajstić information content (AvgIpc) is 2.43. The highest BCUT2D eigenvalue weighted by atomic mass is 16.6. The van der Waals surface area contributed by atoms with E-state index in [1.54, 1.807) is 6.07 Å². The summed E-state index contributed by atoms with van der Waals surface area (Å²) in [6.07, 6.45) is 1.77. The van der Waals surface area contributed by atoms with E-state index in [1.165, 1.54) is 12.1 Å². The number of hydrogen-bond donors (Lipinski definition) is 2. The highest BCUT2D eigenvalue weighted by Crippen LogP contribution is 2.21. The molecule has 6 heteroatoms. The van der Waals surface area contributed by atoms with Gasteiger partial charge >= 0.3 is 0 Å². The van der Waals surface area contributed by atoms with Crippen LogP contribution in [0.2, 0.25) is 0 Å². The fourth-order valence-electron chi connectivity index (χ4n) is 1.86. The summed E-state index contributed by atoms with van der Waals surface area (Å²) >= 11 is 0. The summed E-state index contributed by atoms with van der Waals surface area (Å²) in [4.78, 5) is 22.0. The molecule has 1 aromatic carbocycles. The zero-order valence-corrected chi connectivity index (χ0v) is 12.1. The lowest BCUT2D eigenvalue weighted by Crippen LogP contribution is -2.37. The van der Waals surface area contributed by atoms with E-state index in [1.807, 2.05) is 20.8 Å². The molecule has 0 aromatic heterocycles. The van der Waals surface area contributed by atoms with Gasteiger partial charge in [-0.05, 0) is 25.3 Å². The van der Waals surface area contributed by atoms with Crippen LogP contribution in [0.3, 0.4) is 0 Å². The first-order chi connectivity index (χ1) is 9.47. The predicted octanol–water partition coefficient (Wildman–Crippen LogP) is 2.62. The minimum absolute atomic E-state index is 0.0125. The number of hydrogen-bond acceptors (Lipinski definition) is 4. The molecule has 0 aliphatic heterocycles. The van der Waals surface area contributed by atoms with Gasteiger partial charge in [-0.15, -0.1) is 0 Å². The summed E-state index contributed by atoms with van der Waals surface area (Å²) < 4.78 is 0. The van der Waals surface area contributed by atoms with E-state index in [2.05, 4.69) is 10.6 Å². The second-order valence-corrected chi connectivity index (χ2v) is 4.69. The molecule has 0 atom stereocenters. The molecule has 0 unspecified atom stereocenters. The molecule has 2 N–H and O–H groups in total. The van der Waals surface area contributed by atoms with Crippen LogP contribution in [-0.4, -0.2) is 23.4 Å². The van der Waals surface area contributed by atoms with Gasteiger partial charge in [0.1, 0.15) is 0 Å². The Morgan fingerprint density at radius 2 is 2.00 bits per heavy atom. The second-order valence-electron chi connectivity index (χ2n) is 4.69. The van der Waals surface area contributed by atoms with Crippen LogP contribution in [0.4, 0.5) is 11.4 Å². The molecule has 110 valence electrons. The molecule has 1 amide bonds. The molecule has 0 heterocycles. The SMILES string of the molecule is CCC(CC)NC(=O)CNc1cc([N+](=O)[O-])ccc1C. The average molecular weight is 279 g/mol. The minimum atomic E-state index is -0.450. The van der Waals surface area contributed by atoms with Crippen molar-refractivity contribution in [3.05, 3.63) is 33.9 Å². The van der Waals surface area contributed by atoms with E-state index in [0.717, 1.165) is 18.4 Å². The fraction of sp³-hybridized carbons (Fsp3) is 0.500. The molecule has 6 nitrogen and oxygen atoms in total. The minimum Gasteiger partial charge on any atom is -0.376 e. The molecule has 0 radical (unpaired) electrons. The maximum absolute atomic E-state index is 11.8. The first-order valence-corrected chi connectivity index (χ1v) is 6.76. The number of nitro benzene ring substituents is 1. The Labute approximate surface area is 118 Å². The number of nitrogens with one attached hydrogen (secondary N) is 2. The van der Waals surface area contributed by atoms with Crippen LogP contribution < -0.4 is 10.6 Å².